The minimum absolute atomic E-state index is 0.0448. The number of carboxylic acid groups (broad SMARTS) is 2. The number of carboxylic acids is 2. The van der Waals surface area contributed by atoms with E-state index in [1.165, 1.54) is 70.6 Å². The number of aromatic nitrogens is 1. The maximum absolute atomic E-state index is 10.5. The number of pyridine rings is 1. The number of aliphatic carboxylic acids is 1. The van der Waals surface area contributed by atoms with Crippen LogP contribution in [-0.2, 0) is 4.79 Å². The van der Waals surface area contributed by atoms with Crippen LogP contribution in [0.5, 0.6) is 0 Å². The third kappa shape index (κ3) is 14.4. The first-order chi connectivity index (χ1) is 14.7. The van der Waals surface area contributed by atoms with Crippen LogP contribution in [-0.4, -0.2) is 27.1 Å². The fourth-order valence-corrected chi connectivity index (χ4v) is 3.56. The summed E-state index contributed by atoms with van der Waals surface area (Å²) in [5, 5.41) is 16.7. The minimum atomic E-state index is -1.31. The molecule has 1 heterocycles. The summed E-state index contributed by atoms with van der Waals surface area (Å²) in [5.74, 6) is -1.96. The molecule has 0 bridgehead atoms. The summed E-state index contributed by atoms with van der Waals surface area (Å²) >= 11 is 16.6. The van der Waals surface area contributed by atoms with E-state index in [9.17, 15) is 9.59 Å². The van der Waals surface area contributed by atoms with Gasteiger partial charge in [-0.1, -0.05) is 119 Å². The minimum Gasteiger partial charge on any atom is -0.481 e. The van der Waals surface area contributed by atoms with E-state index in [0.29, 0.717) is 6.42 Å². The number of nitrogens with zero attached hydrogens (tertiary/aromatic N) is 1. The van der Waals surface area contributed by atoms with Crippen molar-refractivity contribution in [1.29, 1.82) is 0 Å². The van der Waals surface area contributed by atoms with Gasteiger partial charge in [0.15, 0.2) is 10.8 Å². The number of unbranched alkanes of at least 4 members (excludes halogenated alkanes) is 12. The highest BCUT2D eigenvalue weighted by molar-refractivity contribution is 6.46. The fourth-order valence-electron chi connectivity index (χ4n) is 2.97. The predicted octanol–water partition coefficient (Wildman–Crippen LogP) is 7.87. The van der Waals surface area contributed by atoms with E-state index in [2.05, 4.69) is 11.9 Å². The van der Waals surface area contributed by atoms with Crippen LogP contribution in [0.3, 0.4) is 0 Å². The number of aromatic carboxylic acids is 1. The quantitative estimate of drug-likeness (QED) is 0.168. The summed E-state index contributed by atoms with van der Waals surface area (Å²) in [4.78, 5) is 24.3. The van der Waals surface area contributed by atoms with Gasteiger partial charge in [-0.25, -0.2) is 9.78 Å². The van der Waals surface area contributed by atoms with E-state index >= 15 is 0 Å². The molecule has 0 atom stereocenters. The van der Waals surface area contributed by atoms with E-state index in [-0.39, 0.29) is 20.9 Å². The Balaban J connectivity index is 0.000000609. The van der Waals surface area contributed by atoms with Crippen LogP contribution in [0.4, 0.5) is 5.69 Å². The fraction of sp³-hybridized carbons (Fsp3) is 0.682. The van der Waals surface area contributed by atoms with E-state index in [4.69, 9.17) is 50.7 Å². The molecule has 0 spiro atoms. The SMILES string of the molecule is CCCCCCCCCCCCCCCC(=O)O.Nc1c(Cl)c(Cl)nc(C(=O)O)c1Cl. The average molecular weight is 498 g/mol. The Kier molecular flexibility index (Phi) is 17.6. The molecule has 0 aliphatic carbocycles. The van der Waals surface area contributed by atoms with Gasteiger partial charge in [-0.3, -0.25) is 4.79 Å². The number of hydrogen-bond acceptors (Lipinski definition) is 4. The Hall–Kier alpha value is -1.24. The predicted molar refractivity (Wildman–Crippen MR) is 129 cm³/mol. The van der Waals surface area contributed by atoms with Gasteiger partial charge in [0.1, 0.15) is 5.02 Å². The molecule has 0 unspecified atom stereocenters. The molecule has 0 aromatic carbocycles. The zero-order valence-electron chi connectivity index (χ0n) is 18.3. The Morgan fingerprint density at radius 1 is 0.774 bits per heavy atom. The van der Waals surface area contributed by atoms with Crippen molar-refractivity contribution >= 4 is 52.4 Å². The Labute approximate surface area is 200 Å². The van der Waals surface area contributed by atoms with Crippen molar-refractivity contribution in [3.05, 3.63) is 20.9 Å². The first-order valence-corrected chi connectivity index (χ1v) is 12.1. The summed E-state index contributed by atoms with van der Waals surface area (Å²) in [7, 11) is 0. The van der Waals surface area contributed by atoms with E-state index in [1.807, 2.05) is 0 Å². The van der Waals surface area contributed by atoms with E-state index in [0.717, 1.165) is 12.8 Å². The zero-order valence-corrected chi connectivity index (χ0v) is 20.5. The number of rotatable bonds is 15. The van der Waals surface area contributed by atoms with Gasteiger partial charge in [0.2, 0.25) is 0 Å². The molecule has 0 saturated carbocycles. The number of nitrogens with two attached hydrogens (primary N) is 1. The summed E-state index contributed by atoms with van der Waals surface area (Å²) in [6, 6.07) is 0. The highest BCUT2D eigenvalue weighted by Gasteiger charge is 2.18. The summed E-state index contributed by atoms with van der Waals surface area (Å²) < 4.78 is 0. The molecule has 1 aromatic rings. The normalized spacial score (nSPS) is 10.5. The maximum Gasteiger partial charge on any atom is 0.356 e. The molecule has 178 valence electrons. The summed E-state index contributed by atoms with van der Waals surface area (Å²) in [6.07, 6.45) is 17.3. The van der Waals surface area contributed by atoms with Crippen molar-refractivity contribution < 1.29 is 19.8 Å². The molecule has 31 heavy (non-hydrogen) atoms. The monoisotopic (exact) mass is 496 g/mol. The number of carbonyl (C=O) groups is 2. The van der Waals surface area contributed by atoms with Gasteiger partial charge < -0.3 is 15.9 Å². The lowest BCUT2D eigenvalue weighted by molar-refractivity contribution is -0.137. The van der Waals surface area contributed by atoms with Gasteiger partial charge >= 0.3 is 11.9 Å². The molecule has 0 radical (unpaired) electrons. The van der Waals surface area contributed by atoms with Crippen molar-refractivity contribution in [2.75, 3.05) is 5.73 Å². The first-order valence-electron chi connectivity index (χ1n) is 11.0. The summed E-state index contributed by atoms with van der Waals surface area (Å²) in [6.45, 7) is 2.26. The molecule has 0 aliphatic rings. The lowest BCUT2D eigenvalue weighted by Gasteiger charge is -2.04. The molecule has 1 aromatic heterocycles. The summed E-state index contributed by atoms with van der Waals surface area (Å²) in [5.41, 5.74) is 4.88. The van der Waals surface area contributed by atoms with Gasteiger partial charge in [0, 0.05) is 6.42 Å². The number of halogens is 3. The van der Waals surface area contributed by atoms with Crippen LogP contribution in [0.15, 0.2) is 0 Å². The molecule has 4 N–H and O–H groups in total. The first kappa shape index (κ1) is 29.8. The molecular formula is C22H35Cl3N2O4. The van der Waals surface area contributed by atoms with E-state index < -0.39 is 17.6 Å². The van der Waals surface area contributed by atoms with Gasteiger partial charge in [-0.15, -0.1) is 0 Å². The van der Waals surface area contributed by atoms with Crippen molar-refractivity contribution in [1.82, 2.24) is 4.98 Å². The zero-order chi connectivity index (χ0) is 23.6. The number of hydrogen-bond donors (Lipinski definition) is 3. The van der Waals surface area contributed by atoms with Gasteiger partial charge in [-0.05, 0) is 6.42 Å². The van der Waals surface area contributed by atoms with E-state index in [1.54, 1.807) is 0 Å². The second kappa shape index (κ2) is 18.3. The molecule has 1 rings (SSSR count). The molecule has 0 aliphatic heterocycles. The smallest absolute Gasteiger partial charge is 0.356 e. The lowest BCUT2D eigenvalue weighted by Crippen LogP contribution is -2.04. The van der Waals surface area contributed by atoms with Crippen LogP contribution in [0.2, 0.25) is 15.2 Å². The largest absolute Gasteiger partial charge is 0.481 e. The second-order valence-electron chi connectivity index (χ2n) is 7.48. The van der Waals surface area contributed by atoms with Crippen molar-refractivity contribution in [3.8, 4) is 0 Å². The Bertz CT molecular complexity index is 673. The average Bonchev–Trinajstić information content (AvgIpc) is 2.72. The van der Waals surface area contributed by atoms with Crippen LogP contribution in [0.25, 0.3) is 0 Å². The highest BCUT2D eigenvalue weighted by Crippen LogP contribution is 2.34. The molecule has 0 amide bonds. The third-order valence-corrected chi connectivity index (χ3v) is 5.90. The van der Waals surface area contributed by atoms with Gasteiger partial charge in [-0.2, -0.15) is 0 Å². The number of anilines is 1. The topological polar surface area (TPSA) is 114 Å². The molecule has 0 saturated heterocycles. The van der Waals surface area contributed by atoms with Gasteiger partial charge in [0.25, 0.3) is 0 Å². The van der Waals surface area contributed by atoms with Crippen molar-refractivity contribution in [2.45, 2.75) is 96.8 Å². The van der Waals surface area contributed by atoms with Crippen molar-refractivity contribution in [2.24, 2.45) is 0 Å². The Morgan fingerprint density at radius 3 is 1.58 bits per heavy atom. The van der Waals surface area contributed by atoms with Crippen LogP contribution in [0, 0.1) is 0 Å². The number of nitrogen functional groups attached to an aromatic ring is 1. The maximum atomic E-state index is 10.5. The second-order valence-corrected chi connectivity index (χ2v) is 8.60. The van der Waals surface area contributed by atoms with Crippen LogP contribution in [0.1, 0.15) is 107 Å². The van der Waals surface area contributed by atoms with Crippen molar-refractivity contribution in [3.63, 3.8) is 0 Å². The van der Waals surface area contributed by atoms with Crippen LogP contribution >= 0.6 is 34.8 Å². The molecule has 0 fully saturated rings. The molecule has 9 heteroatoms. The van der Waals surface area contributed by atoms with Crippen LogP contribution < -0.4 is 5.73 Å². The highest BCUT2D eigenvalue weighted by atomic mass is 35.5. The molecular weight excluding hydrogens is 463 g/mol. The Morgan fingerprint density at radius 2 is 1.19 bits per heavy atom. The van der Waals surface area contributed by atoms with Gasteiger partial charge in [0.05, 0.1) is 10.7 Å². The lowest BCUT2D eigenvalue weighted by atomic mass is 10.0. The third-order valence-electron chi connectivity index (χ3n) is 4.77. The molecule has 6 nitrogen and oxygen atoms in total. The standard InChI is InChI=1S/C16H32O2.C6H3Cl3N2O2/c1-2-3-4-5-6-7-8-9-10-11-12-13-14-15-16(17)18;7-1-3(10)2(8)5(9)11-4(1)6(12)13/h2-15H2,1H3,(H,17,18);(H2,10,11)(H,12,13).